The Labute approximate surface area is 44.6 Å². The molecule has 0 aromatic carbocycles. The maximum atomic E-state index is 2.26. The molecule has 1 rings (SSSR count). The fourth-order valence-corrected chi connectivity index (χ4v) is 0.664. The molecule has 40 valence electrons. The summed E-state index contributed by atoms with van der Waals surface area (Å²) in [5, 5.41) is 0. The first-order valence-corrected chi connectivity index (χ1v) is 2.74. The van der Waals surface area contributed by atoms with Crippen molar-refractivity contribution < 1.29 is 0 Å². The van der Waals surface area contributed by atoms with E-state index in [1.807, 2.05) is 0 Å². The Kier molecular flexibility index (Phi) is 1.05. The monoisotopic (exact) mass is 97.1 g/mol. The number of rotatable bonds is 1. The minimum absolute atomic E-state index is 1.18. The quantitative estimate of drug-likeness (QED) is 0.445. The second-order valence-corrected chi connectivity index (χ2v) is 1.96. The van der Waals surface area contributed by atoms with Crippen LogP contribution in [-0.4, -0.2) is 18.5 Å². The van der Waals surface area contributed by atoms with E-state index in [2.05, 4.69) is 24.9 Å². The number of allylic oxidation sites excluding steroid dienone is 1. The van der Waals surface area contributed by atoms with Crippen molar-refractivity contribution in [3.8, 4) is 0 Å². The SMILES string of the molecule is CCC=C1CN1C. The van der Waals surface area contributed by atoms with Gasteiger partial charge in [-0.05, 0) is 6.42 Å². The average molecular weight is 97.2 g/mol. The molecule has 0 N–H and O–H groups in total. The van der Waals surface area contributed by atoms with E-state index in [0.29, 0.717) is 0 Å². The van der Waals surface area contributed by atoms with Crippen LogP contribution in [0.15, 0.2) is 11.8 Å². The van der Waals surface area contributed by atoms with Gasteiger partial charge in [-0.2, -0.15) is 0 Å². The van der Waals surface area contributed by atoms with Gasteiger partial charge >= 0.3 is 0 Å². The Morgan fingerprint density at radius 2 is 2.43 bits per heavy atom. The smallest absolute Gasteiger partial charge is 0.0569 e. The molecule has 1 heteroatoms. The fraction of sp³-hybridized carbons (Fsp3) is 0.667. The summed E-state index contributed by atoms with van der Waals surface area (Å²) < 4.78 is 0. The highest BCUT2D eigenvalue weighted by Crippen LogP contribution is 2.17. The van der Waals surface area contributed by atoms with Crippen molar-refractivity contribution in [2.45, 2.75) is 13.3 Å². The first kappa shape index (κ1) is 4.69. The third kappa shape index (κ3) is 0.952. The molecule has 1 saturated heterocycles. The van der Waals surface area contributed by atoms with Crippen LogP contribution in [0, 0.1) is 0 Å². The molecule has 1 aliphatic heterocycles. The standard InChI is InChI=1S/C6H11N/c1-3-4-6-5-7(6)2/h4H,3,5H2,1-2H3. The van der Waals surface area contributed by atoms with Gasteiger partial charge in [0.15, 0.2) is 0 Å². The van der Waals surface area contributed by atoms with E-state index in [9.17, 15) is 0 Å². The van der Waals surface area contributed by atoms with Crippen LogP contribution < -0.4 is 0 Å². The highest BCUT2D eigenvalue weighted by molar-refractivity contribution is 5.16. The number of likely N-dealkylation sites (N-methyl/N-ethyl adjacent to an activating group) is 1. The first-order chi connectivity index (χ1) is 3.34. The Bertz CT molecular complexity index is 94.4. The van der Waals surface area contributed by atoms with Gasteiger partial charge in [0.1, 0.15) is 0 Å². The van der Waals surface area contributed by atoms with E-state index < -0.39 is 0 Å². The van der Waals surface area contributed by atoms with Gasteiger partial charge in [0, 0.05) is 12.7 Å². The van der Waals surface area contributed by atoms with E-state index in [4.69, 9.17) is 0 Å². The summed E-state index contributed by atoms with van der Waals surface area (Å²) in [6.07, 6.45) is 3.44. The summed E-state index contributed by atoms with van der Waals surface area (Å²) in [5.41, 5.74) is 1.50. The van der Waals surface area contributed by atoms with Crippen molar-refractivity contribution in [2.75, 3.05) is 13.6 Å². The van der Waals surface area contributed by atoms with Crippen LogP contribution in [-0.2, 0) is 0 Å². The minimum atomic E-state index is 1.18. The van der Waals surface area contributed by atoms with Crippen LogP contribution in [0.2, 0.25) is 0 Å². The first-order valence-electron chi connectivity index (χ1n) is 2.74. The van der Waals surface area contributed by atoms with Crippen molar-refractivity contribution >= 4 is 0 Å². The Morgan fingerprint density at radius 1 is 1.86 bits per heavy atom. The van der Waals surface area contributed by atoms with Crippen LogP contribution >= 0.6 is 0 Å². The van der Waals surface area contributed by atoms with Crippen molar-refractivity contribution in [1.82, 2.24) is 4.90 Å². The maximum Gasteiger partial charge on any atom is 0.0569 e. The van der Waals surface area contributed by atoms with E-state index in [1.165, 1.54) is 18.7 Å². The largest absolute Gasteiger partial charge is 0.371 e. The zero-order valence-corrected chi connectivity index (χ0v) is 4.94. The lowest BCUT2D eigenvalue weighted by Gasteiger charge is -1.78. The van der Waals surface area contributed by atoms with Crippen molar-refractivity contribution in [2.24, 2.45) is 0 Å². The molecule has 7 heavy (non-hydrogen) atoms. The van der Waals surface area contributed by atoms with Gasteiger partial charge < -0.3 is 4.90 Å². The molecule has 0 spiro atoms. The predicted octanol–water partition coefficient (Wildman–Crippen LogP) is 1.23. The number of nitrogens with zero attached hydrogens (tertiary/aromatic N) is 1. The third-order valence-corrected chi connectivity index (χ3v) is 1.23. The lowest BCUT2D eigenvalue weighted by Crippen LogP contribution is -1.76. The number of hydrogen-bond acceptors (Lipinski definition) is 1. The van der Waals surface area contributed by atoms with Gasteiger partial charge in [-0.15, -0.1) is 0 Å². The molecule has 0 saturated carbocycles. The van der Waals surface area contributed by atoms with E-state index in [0.717, 1.165) is 0 Å². The van der Waals surface area contributed by atoms with E-state index in [-0.39, 0.29) is 0 Å². The molecule has 1 nitrogen and oxygen atoms in total. The summed E-state index contributed by atoms with van der Waals surface area (Å²) in [6, 6.07) is 0. The molecule has 0 aromatic rings. The molecule has 0 aliphatic carbocycles. The maximum absolute atomic E-state index is 2.26. The highest BCUT2D eigenvalue weighted by atomic mass is 15.2. The third-order valence-electron chi connectivity index (χ3n) is 1.23. The second-order valence-electron chi connectivity index (χ2n) is 1.96. The predicted molar refractivity (Wildman–Crippen MR) is 31.0 cm³/mol. The van der Waals surface area contributed by atoms with Crippen molar-refractivity contribution in [3.05, 3.63) is 11.8 Å². The van der Waals surface area contributed by atoms with Crippen LogP contribution in [0.3, 0.4) is 0 Å². The Morgan fingerprint density at radius 3 is 2.57 bits per heavy atom. The number of hydrogen-bond donors (Lipinski definition) is 0. The summed E-state index contributed by atoms with van der Waals surface area (Å²) in [6.45, 7) is 3.37. The molecular formula is C6H11N. The van der Waals surface area contributed by atoms with E-state index >= 15 is 0 Å². The molecule has 0 unspecified atom stereocenters. The lowest BCUT2D eigenvalue weighted by molar-refractivity contribution is 0.727. The molecule has 1 heterocycles. The molecule has 0 amide bonds. The van der Waals surface area contributed by atoms with Gasteiger partial charge in [-0.1, -0.05) is 13.0 Å². The topological polar surface area (TPSA) is 3.01 Å². The van der Waals surface area contributed by atoms with Crippen molar-refractivity contribution in [3.63, 3.8) is 0 Å². The summed E-state index contributed by atoms with van der Waals surface area (Å²) in [4.78, 5) is 2.24. The molecule has 0 radical (unpaired) electrons. The second kappa shape index (κ2) is 1.57. The van der Waals surface area contributed by atoms with Gasteiger partial charge in [-0.25, -0.2) is 0 Å². The highest BCUT2D eigenvalue weighted by Gasteiger charge is 2.17. The molecule has 0 bridgehead atoms. The summed E-state index contributed by atoms with van der Waals surface area (Å²) in [5.74, 6) is 0. The van der Waals surface area contributed by atoms with Gasteiger partial charge in [0.05, 0.1) is 6.54 Å². The minimum Gasteiger partial charge on any atom is -0.371 e. The fourth-order valence-electron chi connectivity index (χ4n) is 0.664. The summed E-state index contributed by atoms with van der Waals surface area (Å²) in [7, 11) is 2.11. The average Bonchev–Trinajstić information content (AvgIpc) is 2.22. The van der Waals surface area contributed by atoms with E-state index in [1.54, 1.807) is 0 Å². The molecule has 0 atom stereocenters. The zero-order valence-electron chi connectivity index (χ0n) is 4.94. The van der Waals surface area contributed by atoms with Crippen LogP contribution in [0.4, 0.5) is 0 Å². The molecule has 0 aromatic heterocycles. The van der Waals surface area contributed by atoms with Crippen molar-refractivity contribution in [1.29, 1.82) is 0 Å². The normalized spacial score (nSPS) is 23.7. The van der Waals surface area contributed by atoms with Gasteiger partial charge in [0.25, 0.3) is 0 Å². The zero-order chi connectivity index (χ0) is 5.28. The van der Waals surface area contributed by atoms with Gasteiger partial charge in [-0.3, -0.25) is 0 Å². The molecular weight excluding hydrogens is 86.1 g/mol. The molecule has 1 fully saturated rings. The lowest BCUT2D eigenvalue weighted by atomic mass is 10.4. The summed E-state index contributed by atoms with van der Waals surface area (Å²) >= 11 is 0. The Hall–Kier alpha value is -0.460. The molecule has 1 aliphatic rings. The van der Waals surface area contributed by atoms with Crippen LogP contribution in [0.5, 0.6) is 0 Å². The Balaban J connectivity index is 2.30. The van der Waals surface area contributed by atoms with Gasteiger partial charge in [0.2, 0.25) is 0 Å². The van der Waals surface area contributed by atoms with Crippen LogP contribution in [0.1, 0.15) is 13.3 Å². The van der Waals surface area contributed by atoms with Crippen LogP contribution in [0.25, 0.3) is 0 Å².